The van der Waals surface area contributed by atoms with E-state index >= 15 is 0 Å². The molecule has 142 valence electrons. The summed E-state index contributed by atoms with van der Waals surface area (Å²) in [5, 5.41) is 6.42. The molecule has 2 rings (SSSR count). The highest BCUT2D eigenvalue weighted by Crippen LogP contribution is 2.27. The van der Waals surface area contributed by atoms with Crippen LogP contribution in [0.15, 0.2) is 47.6 Å². The van der Waals surface area contributed by atoms with Crippen molar-refractivity contribution in [3.63, 3.8) is 0 Å². The van der Waals surface area contributed by atoms with E-state index in [1.807, 2.05) is 0 Å². The highest BCUT2D eigenvalue weighted by molar-refractivity contribution is 6.00. The first-order valence-corrected chi connectivity index (χ1v) is 8.04. The smallest absolute Gasteiger partial charge is 0.259 e. The third-order valence-electron chi connectivity index (χ3n) is 3.67. The van der Waals surface area contributed by atoms with Gasteiger partial charge in [0.2, 0.25) is 0 Å². The largest absolute Gasteiger partial charge is 0.493 e. The van der Waals surface area contributed by atoms with Crippen LogP contribution in [0.25, 0.3) is 0 Å². The molecule has 0 fully saturated rings. The minimum Gasteiger partial charge on any atom is -0.493 e. The van der Waals surface area contributed by atoms with Gasteiger partial charge < -0.3 is 14.8 Å². The fourth-order valence-electron chi connectivity index (χ4n) is 2.18. The standard InChI is InChI=1S/C19H20FN3O4/c1-12(13-4-7-15(20)8-5-13)22-23-18(24)11-21-19(25)14-6-9-16(26-2)17(10-14)27-3/h4-10H,11H2,1-3H3,(H,21,25)(H,23,24)/b22-12+. The molecule has 2 amide bonds. The molecule has 0 unspecified atom stereocenters. The summed E-state index contributed by atoms with van der Waals surface area (Å²) in [6.45, 7) is 1.42. The van der Waals surface area contributed by atoms with Crippen LogP contribution in [0.3, 0.4) is 0 Å². The molecule has 8 heteroatoms. The van der Waals surface area contributed by atoms with E-state index in [0.29, 0.717) is 28.3 Å². The molecular weight excluding hydrogens is 353 g/mol. The summed E-state index contributed by atoms with van der Waals surface area (Å²) in [4.78, 5) is 24.0. The number of carbonyl (C=O) groups is 2. The Bertz CT molecular complexity index is 851. The molecule has 0 spiro atoms. The summed E-state index contributed by atoms with van der Waals surface area (Å²) in [5.41, 5.74) is 3.85. The maximum atomic E-state index is 12.9. The van der Waals surface area contributed by atoms with Crippen LogP contribution >= 0.6 is 0 Å². The Hall–Kier alpha value is -3.42. The van der Waals surface area contributed by atoms with Crippen molar-refractivity contribution in [2.24, 2.45) is 5.10 Å². The van der Waals surface area contributed by atoms with Crippen LogP contribution in [0.4, 0.5) is 4.39 Å². The summed E-state index contributed by atoms with van der Waals surface area (Å²) in [5.74, 6) is -0.379. The van der Waals surface area contributed by atoms with Crippen LogP contribution in [0.5, 0.6) is 11.5 Å². The monoisotopic (exact) mass is 373 g/mol. The van der Waals surface area contributed by atoms with Crippen molar-refractivity contribution >= 4 is 17.5 Å². The molecule has 0 aliphatic carbocycles. The zero-order valence-electron chi connectivity index (χ0n) is 15.2. The van der Waals surface area contributed by atoms with Gasteiger partial charge >= 0.3 is 0 Å². The van der Waals surface area contributed by atoms with Gasteiger partial charge in [-0.15, -0.1) is 0 Å². The number of nitrogens with zero attached hydrogens (tertiary/aromatic N) is 1. The summed E-state index contributed by atoms with van der Waals surface area (Å²) >= 11 is 0. The van der Waals surface area contributed by atoms with Gasteiger partial charge in [-0.05, 0) is 42.8 Å². The van der Waals surface area contributed by atoms with Crippen molar-refractivity contribution < 1.29 is 23.5 Å². The number of hydrogen-bond acceptors (Lipinski definition) is 5. The lowest BCUT2D eigenvalue weighted by Crippen LogP contribution is -2.35. The van der Waals surface area contributed by atoms with Gasteiger partial charge in [0, 0.05) is 5.56 Å². The number of rotatable bonds is 7. The Morgan fingerprint density at radius 2 is 1.63 bits per heavy atom. The van der Waals surface area contributed by atoms with Crippen molar-refractivity contribution in [2.75, 3.05) is 20.8 Å². The predicted octanol–water partition coefficient (Wildman–Crippen LogP) is 2.11. The number of nitrogens with one attached hydrogen (secondary N) is 2. The van der Waals surface area contributed by atoms with Crippen LogP contribution in [-0.2, 0) is 4.79 Å². The van der Waals surface area contributed by atoms with Gasteiger partial charge in [-0.3, -0.25) is 9.59 Å². The first kappa shape index (κ1) is 19.9. The van der Waals surface area contributed by atoms with Gasteiger partial charge in [-0.25, -0.2) is 9.82 Å². The van der Waals surface area contributed by atoms with Crippen LogP contribution in [0.1, 0.15) is 22.8 Å². The van der Waals surface area contributed by atoms with Gasteiger partial charge in [0.1, 0.15) is 5.82 Å². The van der Waals surface area contributed by atoms with Gasteiger partial charge in [0.15, 0.2) is 11.5 Å². The SMILES string of the molecule is COc1ccc(C(=O)NCC(=O)N/N=C(\C)c2ccc(F)cc2)cc1OC. The molecule has 0 saturated carbocycles. The molecule has 2 N–H and O–H groups in total. The Balaban J connectivity index is 1.90. The zero-order chi connectivity index (χ0) is 19.8. The number of hydrogen-bond donors (Lipinski definition) is 2. The first-order valence-electron chi connectivity index (χ1n) is 8.04. The normalized spacial score (nSPS) is 10.9. The number of halogens is 1. The van der Waals surface area contributed by atoms with E-state index in [1.165, 1.54) is 32.4 Å². The topological polar surface area (TPSA) is 89.0 Å². The average molecular weight is 373 g/mol. The lowest BCUT2D eigenvalue weighted by molar-refractivity contribution is -0.120. The Kier molecular flexibility index (Phi) is 6.87. The summed E-state index contributed by atoms with van der Waals surface area (Å²) < 4.78 is 23.2. The fourth-order valence-corrected chi connectivity index (χ4v) is 2.18. The molecule has 2 aromatic rings. The molecule has 0 radical (unpaired) electrons. The van der Waals surface area contributed by atoms with Crippen LogP contribution in [-0.4, -0.2) is 38.3 Å². The number of methoxy groups -OCH3 is 2. The molecule has 0 heterocycles. The van der Waals surface area contributed by atoms with E-state index in [4.69, 9.17) is 9.47 Å². The number of ether oxygens (including phenoxy) is 2. The molecule has 0 aliphatic rings. The maximum absolute atomic E-state index is 12.9. The molecule has 0 bridgehead atoms. The highest BCUT2D eigenvalue weighted by atomic mass is 19.1. The fraction of sp³-hybridized carbons (Fsp3) is 0.211. The molecule has 27 heavy (non-hydrogen) atoms. The number of hydrazone groups is 1. The van der Waals surface area contributed by atoms with Crippen molar-refractivity contribution in [2.45, 2.75) is 6.92 Å². The van der Waals surface area contributed by atoms with Crippen molar-refractivity contribution in [3.8, 4) is 11.5 Å². The van der Waals surface area contributed by atoms with Crippen molar-refractivity contribution in [1.29, 1.82) is 0 Å². The number of benzene rings is 2. The quantitative estimate of drug-likeness (QED) is 0.575. The average Bonchev–Trinajstić information content (AvgIpc) is 2.70. The number of carbonyl (C=O) groups excluding carboxylic acids is 2. The molecule has 0 aromatic heterocycles. The van der Waals surface area contributed by atoms with Crippen LogP contribution in [0, 0.1) is 5.82 Å². The van der Waals surface area contributed by atoms with Gasteiger partial charge in [0.05, 0.1) is 26.5 Å². The predicted molar refractivity (Wildman–Crippen MR) is 98.6 cm³/mol. The number of amides is 2. The minimum atomic E-state index is -0.495. The summed E-state index contributed by atoms with van der Waals surface area (Å²) in [6.07, 6.45) is 0. The molecular formula is C19H20FN3O4. The Labute approximate surface area is 156 Å². The second kappa shape index (κ2) is 9.33. The van der Waals surface area contributed by atoms with Crippen LogP contribution < -0.4 is 20.2 Å². The molecule has 0 aliphatic heterocycles. The minimum absolute atomic E-state index is 0.257. The third kappa shape index (κ3) is 5.53. The van der Waals surface area contributed by atoms with E-state index < -0.39 is 11.8 Å². The van der Waals surface area contributed by atoms with E-state index in [1.54, 1.807) is 31.2 Å². The van der Waals surface area contributed by atoms with Crippen molar-refractivity contribution in [3.05, 3.63) is 59.4 Å². The first-order chi connectivity index (χ1) is 12.9. The van der Waals surface area contributed by atoms with Gasteiger partial charge in [-0.1, -0.05) is 12.1 Å². The Morgan fingerprint density at radius 1 is 1.00 bits per heavy atom. The molecule has 2 aromatic carbocycles. The van der Waals surface area contributed by atoms with Crippen molar-refractivity contribution in [1.82, 2.24) is 10.7 Å². The summed E-state index contributed by atoms with van der Waals surface area (Å²) in [6, 6.07) is 10.4. The molecule has 0 saturated heterocycles. The lowest BCUT2D eigenvalue weighted by atomic mass is 10.1. The second-order valence-corrected chi connectivity index (χ2v) is 5.49. The van der Waals surface area contributed by atoms with Crippen LogP contribution in [0.2, 0.25) is 0 Å². The van der Waals surface area contributed by atoms with Gasteiger partial charge in [0.25, 0.3) is 11.8 Å². The lowest BCUT2D eigenvalue weighted by Gasteiger charge is -2.09. The van der Waals surface area contributed by atoms with E-state index in [0.717, 1.165) is 0 Å². The molecule has 0 atom stereocenters. The maximum Gasteiger partial charge on any atom is 0.259 e. The Morgan fingerprint density at radius 3 is 2.26 bits per heavy atom. The molecule has 7 nitrogen and oxygen atoms in total. The second-order valence-electron chi connectivity index (χ2n) is 5.49. The zero-order valence-corrected chi connectivity index (χ0v) is 15.2. The van der Waals surface area contributed by atoms with Gasteiger partial charge in [-0.2, -0.15) is 5.10 Å². The van der Waals surface area contributed by atoms with E-state index in [2.05, 4.69) is 15.8 Å². The summed E-state index contributed by atoms with van der Waals surface area (Å²) in [7, 11) is 2.96. The highest BCUT2D eigenvalue weighted by Gasteiger charge is 2.12. The van der Waals surface area contributed by atoms with E-state index in [-0.39, 0.29) is 12.4 Å². The third-order valence-corrected chi connectivity index (χ3v) is 3.67. The van der Waals surface area contributed by atoms with E-state index in [9.17, 15) is 14.0 Å².